The number of methoxy groups -OCH3 is 2. The summed E-state index contributed by atoms with van der Waals surface area (Å²) in [4.78, 5) is 45.4. The Kier molecular flexibility index (Phi) is 6.60. The molecule has 3 amide bonds. The number of benzene rings is 2. The number of hydrogen-bond donors (Lipinski definition) is 0. The van der Waals surface area contributed by atoms with Crippen molar-refractivity contribution in [1.82, 2.24) is 4.90 Å². The van der Waals surface area contributed by atoms with Crippen molar-refractivity contribution < 1.29 is 23.9 Å². The maximum atomic E-state index is 13.6. The second-order valence-corrected chi connectivity index (χ2v) is 10.1. The SMILES string of the molecule is COc1ccc(N2C(=O)c3cccc(N4CCC[C@@H](C(=O)N5CCSCC5)C4)c3C2=O)cc1OC. The highest BCUT2D eigenvalue weighted by atomic mass is 32.2. The van der Waals surface area contributed by atoms with E-state index in [0.717, 1.165) is 49.7 Å². The number of amides is 3. The molecule has 0 saturated carbocycles. The number of rotatable bonds is 5. The van der Waals surface area contributed by atoms with Crippen LogP contribution in [0.15, 0.2) is 36.4 Å². The Morgan fingerprint density at radius 2 is 1.74 bits per heavy atom. The lowest BCUT2D eigenvalue weighted by Gasteiger charge is -2.37. The van der Waals surface area contributed by atoms with E-state index in [1.807, 2.05) is 28.8 Å². The number of anilines is 2. The third kappa shape index (κ3) is 4.22. The van der Waals surface area contributed by atoms with Crippen LogP contribution in [-0.2, 0) is 4.79 Å². The van der Waals surface area contributed by atoms with Crippen LogP contribution in [0.1, 0.15) is 33.6 Å². The Balaban J connectivity index is 1.42. The molecule has 0 N–H and O–H groups in total. The summed E-state index contributed by atoms with van der Waals surface area (Å²) in [6, 6.07) is 10.4. The van der Waals surface area contributed by atoms with Crippen LogP contribution in [0.25, 0.3) is 0 Å². The minimum atomic E-state index is -0.366. The van der Waals surface area contributed by atoms with Gasteiger partial charge in [0.05, 0.1) is 42.6 Å². The molecule has 0 bridgehead atoms. The third-order valence-electron chi connectivity index (χ3n) is 6.95. The van der Waals surface area contributed by atoms with Gasteiger partial charge in [-0.3, -0.25) is 14.4 Å². The zero-order chi connectivity index (χ0) is 24.5. The van der Waals surface area contributed by atoms with Gasteiger partial charge < -0.3 is 19.3 Å². The minimum Gasteiger partial charge on any atom is -0.493 e. The first-order chi connectivity index (χ1) is 17.0. The first-order valence-electron chi connectivity index (χ1n) is 11.9. The Hall–Kier alpha value is -3.20. The van der Waals surface area contributed by atoms with Crippen LogP contribution in [0.4, 0.5) is 11.4 Å². The largest absolute Gasteiger partial charge is 0.493 e. The molecule has 3 aliphatic rings. The van der Waals surface area contributed by atoms with Gasteiger partial charge in [0.25, 0.3) is 11.8 Å². The molecule has 0 aromatic heterocycles. The van der Waals surface area contributed by atoms with Crippen LogP contribution in [0.2, 0.25) is 0 Å². The topological polar surface area (TPSA) is 79.4 Å². The fourth-order valence-corrected chi connectivity index (χ4v) is 6.07. The van der Waals surface area contributed by atoms with Gasteiger partial charge in [-0.25, -0.2) is 4.90 Å². The zero-order valence-electron chi connectivity index (χ0n) is 20.0. The number of ether oxygens (including phenoxy) is 2. The third-order valence-corrected chi connectivity index (χ3v) is 7.89. The lowest BCUT2D eigenvalue weighted by atomic mass is 9.94. The molecular weight excluding hydrogens is 466 g/mol. The quantitative estimate of drug-likeness (QED) is 0.589. The summed E-state index contributed by atoms with van der Waals surface area (Å²) in [6.07, 6.45) is 1.71. The highest BCUT2D eigenvalue weighted by Gasteiger charge is 2.41. The summed E-state index contributed by atoms with van der Waals surface area (Å²) in [5.41, 5.74) is 1.92. The normalized spacial score (nSPS) is 20.2. The Morgan fingerprint density at radius 3 is 2.49 bits per heavy atom. The number of nitrogens with zero attached hydrogens (tertiary/aromatic N) is 3. The van der Waals surface area contributed by atoms with Crippen molar-refractivity contribution in [2.24, 2.45) is 5.92 Å². The van der Waals surface area contributed by atoms with E-state index in [4.69, 9.17) is 9.47 Å². The van der Waals surface area contributed by atoms with E-state index >= 15 is 0 Å². The van der Waals surface area contributed by atoms with Gasteiger partial charge in [0.15, 0.2) is 11.5 Å². The number of imide groups is 1. The second kappa shape index (κ2) is 9.81. The number of fused-ring (bicyclic) bond motifs is 1. The standard InChI is InChI=1S/C26H29N3O5S/c1-33-21-9-8-18(15-22(21)34-2)29-25(31)19-6-3-7-20(23(19)26(29)32)28-10-4-5-17(16-28)24(30)27-11-13-35-14-12-27/h3,6-9,15,17H,4-5,10-14,16H2,1-2H3/t17-/m1/s1. The monoisotopic (exact) mass is 495 g/mol. The van der Waals surface area contributed by atoms with Crippen LogP contribution in [0.3, 0.4) is 0 Å². The van der Waals surface area contributed by atoms with Gasteiger partial charge in [0.2, 0.25) is 5.91 Å². The van der Waals surface area contributed by atoms with Crippen LogP contribution < -0.4 is 19.3 Å². The number of thioether (sulfide) groups is 1. The number of piperidine rings is 1. The maximum Gasteiger partial charge on any atom is 0.268 e. The van der Waals surface area contributed by atoms with Gasteiger partial charge in [-0.05, 0) is 37.1 Å². The smallest absolute Gasteiger partial charge is 0.268 e. The molecule has 184 valence electrons. The molecule has 5 rings (SSSR count). The molecule has 0 radical (unpaired) electrons. The molecule has 9 heteroatoms. The van der Waals surface area contributed by atoms with E-state index in [0.29, 0.717) is 34.9 Å². The van der Waals surface area contributed by atoms with E-state index in [-0.39, 0.29) is 23.6 Å². The molecule has 0 unspecified atom stereocenters. The summed E-state index contributed by atoms with van der Waals surface area (Å²) < 4.78 is 10.7. The van der Waals surface area contributed by atoms with Crippen molar-refractivity contribution in [2.75, 3.05) is 61.7 Å². The molecule has 2 fully saturated rings. The molecule has 0 aliphatic carbocycles. The van der Waals surface area contributed by atoms with Gasteiger partial charge in [0.1, 0.15) is 0 Å². The molecule has 8 nitrogen and oxygen atoms in total. The maximum absolute atomic E-state index is 13.6. The summed E-state index contributed by atoms with van der Waals surface area (Å²) in [5, 5.41) is 0. The van der Waals surface area contributed by atoms with Crippen molar-refractivity contribution in [3.63, 3.8) is 0 Å². The average molecular weight is 496 g/mol. The van der Waals surface area contributed by atoms with Crippen molar-refractivity contribution in [1.29, 1.82) is 0 Å². The van der Waals surface area contributed by atoms with Gasteiger partial charge in [-0.1, -0.05) is 6.07 Å². The first-order valence-corrected chi connectivity index (χ1v) is 13.0. The van der Waals surface area contributed by atoms with E-state index in [1.54, 1.807) is 24.3 Å². The molecule has 2 aromatic rings. The summed E-state index contributed by atoms with van der Waals surface area (Å²) in [6.45, 7) is 2.90. The highest BCUT2D eigenvalue weighted by molar-refractivity contribution is 7.99. The molecule has 3 aliphatic heterocycles. The lowest BCUT2D eigenvalue weighted by Crippen LogP contribution is -2.47. The van der Waals surface area contributed by atoms with Gasteiger partial charge in [-0.2, -0.15) is 11.8 Å². The van der Waals surface area contributed by atoms with Crippen LogP contribution >= 0.6 is 11.8 Å². The molecule has 2 saturated heterocycles. The number of hydrogen-bond acceptors (Lipinski definition) is 7. The summed E-state index contributed by atoms with van der Waals surface area (Å²) >= 11 is 1.88. The first kappa shape index (κ1) is 23.5. The molecular formula is C26H29N3O5S. The van der Waals surface area contributed by atoms with Gasteiger partial charge in [-0.15, -0.1) is 0 Å². The fraction of sp³-hybridized carbons (Fsp3) is 0.423. The number of carbonyl (C=O) groups is 3. The van der Waals surface area contributed by atoms with Gasteiger partial charge >= 0.3 is 0 Å². The van der Waals surface area contributed by atoms with Gasteiger partial charge in [0, 0.05) is 43.8 Å². The fourth-order valence-electron chi connectivity index (χ4n) is 5.17. The Labute approximate surface area is 209 Å². The Bertz CT molecular complexity index is 1160. The second-order valence-electron chi connectivity index (χ2n) is 8.91. The minimum absolute atomic E-state index is 0.100. The predicted octanol–water partition coefficient (Wildman–Crippen LogP) is 3.30. The van der Waals surface area contributed by atoms with Crippen molar-refractivity contribution in [2.45, 2.75) is 12.8 Å². The zero-order valence-corrected chi connectivity index (χ0v) is 20.8. The molecule has 0 spiro atoms. The summed E-state index contributed by atoms with van der Waals surface area (Å²) in [5.74, 6) is 2.30. The van der Waals surface area contributed by atoms with Crippen molar-refractivity contribution in [3.05, 3.63) is 47.5 Å². The molecule has 2 aromatic carbocycles. The predicted molar refractivity (Wildman–Crippen MR) is 136 cm³/mol. The summed E-state index contributed by atoms with van der Waals surface area (Å²) in [7, 11) is 3.05. The molecule has 35 heavy (non-hydrogen) atoms. The molecule has 1 atom stereocenters. The van der Waals surface area contributed by atoms with E-state index < -0.39 is 0 Å². The van der Waals surface area contributed by atoms with Crippen molar-refractivity contribution >= 4 is 40.9 Å². The lowest BCUT2D eigenvalue weighted by molar-refractivity contribution is -0.135. The van der Waals surface area contributed by atoms with Crippen LogP contribution in [-0.4, -0.2) is 74.5 Å². The van der Waals surface area contributed by atoms with Crippen molar-refractivity contribution in [3.8, 4) is 11.5 Å². The van der Waals surface area contributed by atoms with Crippen LogP contribution in [0, 0.1) is 5.92 Å². The van der Waals surface area contributed by atoms with E-state index in [2.05, 4.69) is 4.90 Å². The van der Waals surface area contributed by atoms with E-state index in [1.165, 1.54) is 19.1 Å². The average Bonchev–Trinajstić information content (AvgIpc) is 3.18. The highest BCUT2D eigenvalue weighted by Crippen LogP contribution is 2.39. The molecule has 3 heterocycles. The Morgan fingerprint density at radius 1 is 0.971 bits per heavy atom. The number of carbonyl (C=O) groups excluding carboxylic acids is 3. The van der Waals surface area contributed by atoms with Crippen LogP contribution in [0.5, 0.6) is 11.5 Å². The van der Waals surface area contributed by atoms with E-state index in [9.17, 15) is 14.4 Å².